The molecule has 0 spiro atoms. The van der Waals surface area contributed by atoms with Crippen molar-refractivity contribution < 1.29 is 0 Å². The number of nitrogens with two attached hydrogens (primary N) is 1. The van der Waals surface area contributed by atoms with E-state index in [0.29, 0.717) is 11.9 Å². The highest BCUT2D eigenvalue weighted by Gasteiger charge is 2.23. The van der Waals surface area contributed by atoms with E-state index < -0.39 is 0 Å². The fourth-order valence-corrected chi connectivity index (χ4v) is 2.86. The smallest absolute Gasteiger partial charge is 0.239 e. The van der Waals surface area contributed by atoms with Crippen molar-refractivity contribution >= 4 is 5.95 Å². The molecule has 0 bridgehead atoms. The van der Waals surface area contributed by atoms with E-state index in [-0.39, 0.29) is 5.41 Å². The first-order chi connectivity index (χ1) is 9.43. The van der Waals surface area contributed by atoms with Gasteiger partial charge in [-0.1, -0.05) is 45.0 Å². The van der Waals surface area contributed by atoms with Crippen LogP contribution in [0.15, 0.2) is 24.3 Å². The van der Waals surface area contributed by atoms with E-state index in [4.69, 9.17) is 5.73 Å². The molecule has 0 fully saturated rings. The Hall–Kier alpha value is -1.84. The Labute approximate surface area is 120 Å². The first-order valence-electron chi connectivity index (χ1n) is 7.23. The summed E-state index contributed by atoms with van der Waals surface area (Å²) in [6.45, 7) is 7.64. The molecule has 2 aromatic rings. The third-order valence-electron chi connectivity index (χ3n) is 4.13. The minimum atomic E-state index is 0.208. The highest BCUT2D eigenvalue weighted by molar-refractivity contribution is 5.30. The summed E-state index contributed by atoms with van der Waals surface area (Å²) in [6, 6.07) is 9.04. The van der Waals surface area contributed by atoms with Gasteiger partial charge < -0.3 is 5.73 Å². The fourth-order valence-electron chi connectivity index (χ4n) is 2.86. The third-order valence-corrected chi connectivity index (χ3v) is 4.13. The molecule has 2 heterocycles. The molecule has 1 aliphatic heterocycles. The van der Waals surface area contributed by atoms with Crippen LogP contribution in [0.25, 0.3) is 0 Å². The molecule has 2 N–H and O–H groups in total. The maximum atomic E-state index is 5.67. The fraction of sp³-hybridized carbons (Fsp3) is 0.500. The molecule has 1 atom stereocenters. The molecular weight excluding hydrogens is 248 g/mol. The lowest BCUT2D eigenvalue weighted by Gasteiger charge is -2.24. The van der Waals surface area contributed by atoms with E-state index in [0.717, 1.165) is 25.2 Å². The van der Waals surface area contributed by atoms with Crippen molar-refractivity contribution in [2.75, 3.05) is 5.73 Å². The molecule has 0 aliphatic carbocycles. The third kappa shape index (κ3) is 2.42. The minimum absolute atomic E-state index is 0.208. The van der Waals surface area contributed by atoms with E-state index in [1.807, 2.05) is 4.68 Å². The summed E-state index contributed by atoms with van der Waals surface area (Å²) < 4.78 is 1.94. The SMILES string of the molecule is CC(C)(C)c1ccc(C2CCn3nc(N)nc3C2)cc1. The quantitative estimate of drug-likeness (QED) is 0.867. The summed E-state index contributed by atoms with van der Waals surface area (Å²) in [6.07, 6.45) is 2.03. The Balaban J connectivity index is 1.81. The number of aryl methyl sites for hydroxylation is 1. The predicted octanol–water partition coefficient (Wildman–Crippen LogP) is 2.89. The summed E-state index contributed by atoms with van der Waals surface area (Å²) in [5, 5.41) is 4.21. The second-order valence-corrected chi connectivity index (χ2v) is 6.67. The average Bonchev–Trinajstić information content (AvgIpc) is 2.77. The number of nitrogen functional groups attached to an aromatic ring is 1. The molecule has 1 aromatic carbocycles. The van der Waals surface area contributed by atoms with Gasteiger partial charge in [-0.25, -0.2) is 4.68 Å². The predicted molar refractivity (Wildman–Crippen MR) is 80.6 cm³/mol. The molecule has 1 aromatic heterocycles. The average molecular weight is 270 g/mol. The van der Waals surface area contributed by atoms with E-state index in [9.17, 15) is 0 Å². The van der Waals surface area contributed by atoms with Crippen molar-refractivity contribution in [3.63, 3.8) is 0 Å². The van der Waals surface area contributed by atoms with E-state index in [2.05, 4.69) is 55.1 Å². The number of hydrogen-bond acceptors (Lipinski definition) is 3. The van der Waals surface area contributed by atoms with Crippen LogP contribution in [-0.2, 0) is 18.4 Å². The van der Waals surface area contributed by atoms with Gasteiger partial charge in [0.2, 0.25) is 5.95 Å². The molecule has 0 amide bonds. The van der Waals surface area contributed by atoms with E-state index in [1.54, 1.807) is 0 Å². The van der Waals surface area contributed by atoms with Crippen LogP contribution in [0.1, 0.15) is 50.1 Å². The molecule has 0 saturated carbocycles. The number of fused-ring (bicyclic) bond motifs is 1. The van der Waals surface area contributed by atoms with Gasteiger partial charge in [0, 0.05) is 13.0 Å². The van der Waals surface area contributed by atoms with Crippen molar-refractivity contribution in [3.05, 3.63) is 41.2 Å². The first kappa shape index (κ1) is 13.2. The molecule has 4 nitrogen and oxygen atoms in total. The molecule has 0 saturated heterocycles. The van der Waals surface area contributed by atoms with Gasteiger partial charge in [-0.05, 0) is 28.9 Å². The maximum Gasteiger partial charge on any atom is 0.239 e. The van der Waals surface area contributed by atoms with Gasteiger partial charge in [0.15, 0.2) is 0 Å². The number of hydrogen-bond donors (Lipinski definition) is 1. The normalized spacial score (nSPS) is 18.9. The van der Waals surface area contributed by atoms with Crippen molar-refractivity contribution in [1.29, 1.82) is 0 Å². The van der Waals surface area contributed by atoms with Crippen molar-refractivity contribution in [3.8, 4) is 0 Å². The lowest BCUT2D eigenvalue weighted by molar-refractivity contribution is 0.434. The first-order valence-corrected chi connectivity index (χ1v) is 7.23. The topological polar surface area (TPSA) is 56.7 Å². The van der Waals surface area contributed by atoms with Crippen LogP contribution in [0.4, 0.5) is 5.95 Å². The highest BCUT2D eigenvalue weighted by Crippen LogP contribution is 2.30. The Bertz CT molecular complexity index is 604. The second kappa shape index (κ2) is 4.62. The van der Waals surface area contributed by atoms with Crippen molar-refractivity contribution in [2.45, 2.75) is 51.5 Å². The molecule has 106 valence electrons. The number of rotatable bonds is 1. The van der Waals surface area contributed by atoms with E-state index >= 15 is 0 Å². The number of aromatic nitrogens is 3. The van der Waals surface area contributed by atoms with Gasteiger partial charge in [0.1, 0.15) is 5.82 Å². The largest absolute Gasteiger partial charge is 0.366 e. The van der Waals surface area contributed by atoms with Crippen LogP contribution >= 0.6 is 0 Å². The zero-order chi connectivity index (χ0) is 14.3. The zero-order valence-electron chi connectivity index (χ0n) is 12.4. The van der Waals surface area contributed by atoms with Gasteiger partial charge >= 0.3 is 0 Å². The summed E-state index contributed by atoms with van der Waals surface area (Å²) in [4.78, 5) is 4.31. The van der Waals surface area contributed by atoms with Gasteiger partial charge in [0.25, 0.3) is 0 Å². The van der Waals surface area contributed by atoms with E-state index in [1.165, 1.54) is 11.1 Å². The number of anilines is 1. The van der Waals surface area contributed by atoms with Crippen LogP contribution in [0.3, 0.4) is 0 Å². The number of benzene rings is 1. The second-order valence-electron chi connectivity index (χ2n) is 6.67. The Morgan fingerprint density at radius 2 is 1.90 bits per heavy atom. The number of nitrogens with zero attached hydrogens (tertiary/aromatic N) is 3. The molecule has 20 heavy (non-hydrogen) atoms. The standard InChI is InChI=1S/C16H22N4/c1-16(2,3)13-6-4-11(5-7-13)12-8-9-20-14(10-12)18-15(17)19-20/h4-7,12H,8-10H2,1-3H3,(H2,17,19). The summed E-state index contributed by atoms with van der Waals surface area (Å²) in [5.74, 6) is 1.93. The lowest BCUT2D eigenvalue weighted by Crippen LogP contribution is -2.19. The summed E-state index contributed by atoms with van der Waals surface area (Å²) in [5.41, 5.74) is 8.65. The Morgan fingerprint density at radius 1 is 1.20 bits per heavy atom. The zero-order valence-corrected chi connectivity index (χ0v) is 12.4. The van der Waals surface area contributed by atoms with Gasteiger partial charge in [-0.15, -0.1) is 5.10 Å². The summed E-state index contributed by atoms with van der Waals surface area (Å²) in [7, 11) is 0. The Kier molecular flexibility index (Phi) is 3.04. The van der Waals surface area contributed by atoms with Gasteiger partial charge in [-0.2, -0.15) is 4.98 Å². The maximum absolute atomic E-state index is 5.67. The monoisotopic (exact) mass is 270 g/mol. The summed E-state index contributed by atoms with van der Waals surface area (Å²) >= 11 is 0. The molecular formula is C16H22N4. The molecule has 0 radical (unpaired) electrons. The van der Waals surface area contributed by atoms with Crippen LogP contribution in [0.2, 0.25) is 0 Å². The van der Waals surface area contributed by atoms with Crippen molar-refractivity contribution in [2.24, 2.45) is 0 Å². The molecule has 1 unspecified atom stereocenters. The van der Waals surface area contributed by atoms with Crippen LogP contribution in [-0.4, -0.2) is 14.8 Å². The molecule has 3 rings (SSSR count). The van der Waals surface area contributed by atoms with Crippen LogP contribution in [0.5, 0.6) is 0 Å². The minimum Gasteiger partial charge on any atom is -0.366 e. The van der Waals surface area contributed by atoms with Crippen molar-refractivity contribution in [1.82, 2.24) is 14.8 Å². The Morgan fingerprint density at radius 3 is 2.55 bits per heavy atom. The van der Waals surface area contributed by atoms with Gasteiger partial charge in [0.05, 0.1) is 0 Å². The van der Waals surface area contributed by atoms with Crippen LogP contribution in [0, 0.1) is 0 Å². The van der Waals surface area contributed by atoms with Gasteiger partial charge in [-0.3, -0.25) is 0 Å². The molecule has 4 heteroatoms. The lowest BCUT2D eigenvalue weighted by atomic mass is 9.84. The highest BCUT2D eigenvalue weighted by atomic mass is 15.4. The molecule has 1 aliphatic rings. The van der Waals surface area contributed by atoms with Crippen LogP contribution < -0.4 is 5.73 Å².